The Bertz CT molecular complexity index is 409. The van der Waals surface area contributed by atoms with Gasteiger partial charge >= 0.3 is 0 Å². The number of hydrogen-bond donors (Lipinski definition) is 1. The minimum Gasteiger partial charge on any atom is -0.512 e. The number of alkyl halides is 3. The molecule has 2 saturated carbocycles. The highest BCUT2D eigenvalue weighted by Crippen LogP contribution is 2.39. The van der Waals surface area contributed by atoms with E-state index in [4.69, 9.17) is 0 Å². The highest BCUT2D eigenvalue weighted by molar-refractivity contribution is 5.92. The zero-order chi connectivity index (χ0) is 15.7. The monoisotopic (exact) mass is 304 g/mol. The maximum absolute atomic E-state index is 13.7. The van der Waals surface area contributed by atoms with Crippen LogP contribution < -0.4 is 0 Å². The van der Waals surface area contributed by atoms with Crippen molar-refractivity contribution in [2.75, 3.05) is 0 Å². The Morgan fingerprint density at radius 3 is 2.00 bits per heavy atom. The fourth-order valence-corrected chi connectivity index (χ4v) is 3.22. The normalized spacial score (nSPS) is 34.7. The van der Waals surface area contributed by atoms with Crippen LogP contribution in [-0.2, 0) is 4.79 Å². The van der Waals surface area contributed by atoms with Gasteiger partial charge < -0.3 is 5.11 Å². The predicted octanol–water partition coefficient (Wildman–Crippen LogP) is 4.74. The zero-order valence-electron chi connectivity index (χ0n) is 12.4. The van der Waals surface area contributed by atoms with Crippen LogP contribution in [0.5, 0.6) is 0 Å². The molecule has 0 heterocycles. The van der Waals surface area contributed by atoms with Crippen LogP contribution in [0.15, 0.2) is 11.8 Å². The molecule has 0 aromatic heterocycles. The summed E-state index contributed by atoms with van der Waals surface area (Å²) in [7, 11) is 0. The summed E-state index contributed by atoms with van der Waals surface area (Å²) in [5.74, 6) is -3.51. The number of aliphatic hydroxyl groups is 1. The molecule has 0 aromatic rings. The molecule has 5 heteroatoms. The minimum atomic E-state index is -2.64. The second-order valence-corrected chi connectivity index (χ2v) is 6.79. The molecule has 0 saturated heterocycles. The number of carbonyl (C=O) groups excluding carboxylic acids is 1. The number of rotatable bonds is 3. The van der Waals surface area contributed by atoms with E-state index in [0.29, 0.717) is 25.7 Å². The van der Waals surface area contributed by atoms with Gasteiger partial charge in [0.25, 0.3) is 0 Å². The van der Waals surface area contributed by atoms with Crippen LogP contribution in [0.4, 0.5) is 13.2 Å². The molecule has 2 fully saturated rings. The predicted molar refractivity (Wildman–Crippen MR) is 74.1 cm³/mol. The molecule has 0 radical (unpaired) electrons. The van der Waals surface area contributed by atoms with Gasteiger partial charge in [0.2, 0.25) is 5.92 Å². The number of allylic oxidation sites excluding steroid dienone is 2. The Balaban J connectivity index is 1.89. The molecule has 120 valence electrons. The fourth-order valence-electron chi connectivity index (χ4n) is 3.22. The lowest BCUT2D eigenvalue weighted by atomic mass is 9.78. The van der Waals surface area contributed by atoms with Gasteiger partial charge in [-0.15, -0.1) is 0 Å². The summed E-state index contributed by atoms with van der Waals surface area (Å²) in [4.78, 5) is 12.1. The van der Waals surface area contributed by atoms with Crippen LogP contribution in [0.3, 0.4) is 0 Å². The third-order valence-electron chi connectivity index (χ3n) is 4.86. The Labute approximate surface area is 123 Å². The Hall–Kier alpha value is -1.00. The van der Waals surface area contributed by atoms with Crippen LogP contribution in [0.25, 0.3) is 0 Å². The summed E-state index contributed by atoms with van der Waals surface area (Å²) in [6.45, 7) is 1.54. The molecule has 0 atom stereocenters. The van der Waals surface area contributed by atoms with Gasteiger partial charge in [-0.1, -0.05) is 0 Å². The topological polar surface area (TPSA) is 37.3 Å². The molecule has 0 amide bonds. The van der Waals surface area contributed by atoms with Crippen molar-refractivity contribution in [3.05, 3.63) is 11.8 Å². The fraction of sp³-hybridized carbons (Fsp3) is 0.812. The Kier molecular flexibility index (Phi) is 4.69. The Morgan fingerprint density at radius 1 is 1.00 bits per heavy atom. The second kappa shape index (κ2) is 6.01. The van der Waals surface area contributed by atoms with Gasteiger partial charge in [0.05, 0.1) is 5.76 Å². The molecule has 2 rings (SSSR count). The van der Waals surface area contributed by atoms with Gasteiger partial charge in [-0.3, -0.25) is 4.79 Å². The molecule has 21 heavy (non-hydrogen) atoms. The molecule has 2 aliphatic rings. The van der Waals surface area contributed by atoms with Crippen molar-refractivity contribution in [3.63, 3.8) is 0 Å². The molecule has 0 bridgehead atoms. The quantitative estimate of drug-likeness (QED) is 0.604. The van der Waals surface area contributed by atoms with E-state index in [1.54, 1.807) is 6.92 Å². The van der Waals surface area contributed by atoms with Crippen LogP contribution in [0, 0.1) is 11.8 Å². The van der Waals surface area contributed by atoms with Gasteiger partial charge in [-0.2, -0.15) is 0 Å². The van der Waals surface area contributed by atoms with Gasteiger partial charge in [0, 0.05) is 30.8 Å². The van der Waals surface area contributed by atoms with Gasteiger partial charge in [0.1, 0.15) is 5.67 Å². The maximum Gasteiger partial charge on any atom is 0.248 e. The first kappa shape index (κ1) is 16.4. The highest BCUT2D eigenvalue weighted by Gasteiger charge is 2.37. The van der Waals surface area contributed by atoms with Gasteiger partial charge in [-0.05, 0) is 45.4 Å². The minimum absolute atomic E-state index is 0.0796. The van der Waals surface area contributed by atoms with Crippen LogP contribution in [-0.4, -0.2) is 22.5 Å². The van der Waals surface area contributed by atoms with Crippen molar-refractivity contribution in [2.24, 2.45) is 11.8 Å². The van der Waals surface area contributed by atoms with Crippen molar-refractivity contribution < 1.29 is 23.1 Å². The average molecular weight is 304 g/mol. The molecule has 0 aliphatic heterocycles. The van der Waals surface area contributed by atoms with E-state index < -0.39 is 11.6 Å². The zero-order valence-corrected chi connectivity index (χ0v) is 12.4. The maximum atomic E-state index is 13.7. The summed E-state index contributed by atoms with van der Waals surface area (Å²) >= 11 is 0. The van der Waals surface area contributed by atoms with E-state index in [1.165, 1.54) is 6.08 Å². The van der Waals surface area contributed by atoms with Crippen LogP contribution >= 0.6 is 0 Å². The number of ketones is 1. The summed E-state index contributed by atoms with van der Waals surface area (Å²) < 4.78 is 39.8. The van der Waals surface area contributed by atoms with Crippen molar-refractivity contribution in [2.45, 2.75) is 69.9 Å². The van der Waals surface area contributed by atoms with Gasteiger partial charge in [-0.25, -0.2) is 13.2 Å². The van der Waals surface area contributed by atoms with E-state index in [1.807, 2.05) is 0 Å². The van der Waals surface area contributed by atoms with E-state index in [-0.39, 0.29) is 49.1 Å². The van der Waals surface area contributed by atoms with Crippen LogP contribution in [0.2, 0.25) is 0 Å². The summed E-state index contributed by atoms with van der Waals surface area (Å²) in [6.07, 6.45) is 2.80. The summed E-state index contributed by atoms with van der Waals surface area (Å²) in [5, 5.41) is 9.97. The lowest BCUT2D eigenvalue weighted by Crippen LogP contribution is -2.29. The number of halogens is 3. The van der Waals surface area contributed by atoms with Crippen molar-refractivity contribution in [3.8, 4) is 0 Å². The number of hydrogen-bond acceptors (Lipinski definition) is 2. The van der Waals surface area contributed by atoms with E-state index in [2.05, 4.69) is 0 Å². The number of carbonyl (C=O) groups is 1. The smallest absolute Gasteiger partial charge is 0.248 e. The van der Waals surface area contributed by atoms with Crippen molar-refractivity contribution >= 4 is 5.78 Å². The third-order valence-corrected chi connectivity index (χ3v) is 4.86. The van der Waals surface area contributed by atoms with Crippen LogP contribution in [0.1, 0.15) is 58.3 Å². The molecule has 2 nitrogen and oxygen atoms in total. The average Bonchev–Trinajstić information content (AvgIpc) is 2.38. The second-order valence-electron chi connectivity index (χ2n) is 6.79. The van der Waals surface area contributed by atoms with Gasteiger partial charge in [0.15, 0.2) is 5.78 Å². The molecule has 1 N–H and O–H groups in total. The summed E-state index contributed by atoms with van der Waals surface area (Å²) in [5.41, 5.74) is -1.20. The lowest BCUT2D eigenvalue weighted by Gasteiger charge is -2.30. The molecular weight excluding hydrogens is 281 g/mol. The van der Waals surface area contributed by atoms with E-state index >= 15 is 0 Å². The SMILES string of the molecule is CC1(F)CCC(C(=O)C=C(O)C2CCC(F)(F)CC2)CC1. The molecule has 0 unspecified atom stereocenters. The van der Waals surface area contributed by atoms with Crippen molar-refractivity contribution in [1.82, 2.24) is 0 Å². The highest BCUT2D eigenvalue weighted by atomic mass is 19.3. The largest absolute Gasteiger partial charge is 0.512 e. The first-order chi connectivity index (χ1) is 9.69. The van der Waals surface area contributed by atoms with E-state index in [0.717, 1.165) is 0 Å². The summed E-state index contributed by atoms with van der Waals surface area (Å²) in [6, 6.07) is 0. The molecule has 2 aliphatic carbocycles. The first-order valence-corrected chi connectivity index (χ1v) is 7.70. The first-order valence-electron chi connectivity index (χ1n) is 7.70. The third kappa shape index (κ3) is 4.48. The number of aliphatic hydroxyl groups excluding tert-OH is 1. The Morgan fingerprint density at radius 2 is 1.48 bits per heavy atom. The standard InChI is InChI=1S/C16H23F3O2/c1-15(17)6-2-11(3-7-15)13(20)10-14(21)12-4-8-16(18,19)9-5-12/h10-12,21H,2-9H2,1H3. The molecule has 0 spiro atoms. The van der Waals surface area contributed by atoms with E-state index in [9.17, 15) is 23.1 Å². The molecule has 0 aromatic carbocycles. The molecular formula is C16H23F3O2. The lowest BCUT2D eigenvalue weighted by molar-refractivity contribution is -0.120. The van der Waals surface area contributed by atoms with Crippen molar-refractivity contribution in [1.29, 1.82) is 0 Å².